The molecular weight excluding hydrogens is 292 g/mol. The second-order valence-electron chi connectivity index (χ2n) is 5.40. The van der Waals surface area contributed by atoms with Gasteiger partial charge in [-0.1, -0.05) is 12.1 Å². The molecule has 7 nitrogen and oxygen atoms in total. The third kappa shape index (κ3) is 2.80. The first kappa shape index (κ1) is 15.2. The van der Waals surface area contributed by atoms with Crippen LogP contribution in [0.25, 0.3) is 0 Å². The summed E-state index contributed by atoms with van der Waals surface area (Å²) in [7, 11) is 0. The molecule has 4 atom stereocenters. The number of ether oxygens (including phenoxy) is 3. The molecule has 120 valence electrons. The van der Waals surface area contributed by atoms with Gasteiger partial charge in [0.05, 0.1) is 25.4 Å². The predicted molar refractivity (Wildman–Crippen MR) is 73.4 cm³/mol. The third-order valence-corrected chi connectivity index (χ3v) is 3.87. The van der Waals surface area contributed by atoms with Crippen molar-refractivity contribution in [3.63, 3.8) is 0 Å². The van der Waals surface area contributed by atoms with Crippen LogP contribution in [0.1, 0.15) is 22.3 Å². The Hall–Kier alpha value is -1.67. The molecule has 0 bridgehead atoms. The Morgan fingerprint density at radius 2 is 2.14 bits per heavy atom. The molecule has 2 heterocycles. The third-order valence-electron chi connectivity index (χ3n) is 3.87. The van der Waals surface area contributed by atoms with Gasteiger partial charge in [0.1, 0.15) is 17.4 Å². The number of hydrogen-bond acceptors (Lipinski definition) is 7. The van der Waals surface area contributed by atoms with Crippen molar-refractivity contribution in [3.8, 4) is 5.75 Å². The highest BCUT2D eigenvalue weighted by atomic mass is 16.7. The van der Waals surface area contributed by atoms with Crippen LogP contribution in [0.4, 0.5) is 0 Å². The summed E-state index contributed by atoms with van der Waals surface area (Å²) < 4.78 is 16.0. The zero-order chi connectivity index (χ0) is 15.7. The standard InChI is InChI=1S/C15H18O7/c16-7-9-6-10(17)13(18)15(21-9)22-11-3-1-2-8-4-5-20-14(19)12(8)11/h1-3,9-10,13,15-18H,4-7H2/t9-,10?,13+,15-/m0/s1. The Morgan fingerprint density at radius 1 is 1.32 bits per heavy atom. The summed E-state index contributed by atoms with van der Waals surface area (Å²) in [6.45, 7) is 0.0295. The molecular formula is C15H18O7. The number of esters is 1. The summed E-state index contributed by atoms with van der Waals surface area (Å²) in [6, 6.07) is 5.13. The zero-order valence-corrected chi connectivity index (χ0v) is 11.8. The number of cyclic esters (lactones) is 1. The van der Waals surface area contributed by atoms with E-state index < -0.39 is 30.6 Å². The van der Waals surface area contributed by atoms with Gasteiger partial charge in [0.25, 0.3) is 0 Å². The highest BCUT2D eigenvalue weighted by Crippen LogP contribution is 2.30. The summed E-state index contributed by atoms with van der Waals surface area (Å²) >= 11 is 0. The molecule has 2 aliphatic rings. The average Bonchev–Trinajstić information content (AvgIpc) is 2.52. The molecule has 3 rings (SSSR count). The lowest BCUT2D eigenvalue weighted by Crippen LogP contribution is -2.51. The first-order valence-corrected chi connectivity index (χ1v) is 7.18. The van der Waals surface area contributed by atoms with Crippen molar-refractivity contribution in [2.45, 2.75) is 37.4 Å². The number of fused-ring (bicyclic) bond motifs is 1. The maximum Gasteiger partial charge on any atom is 0.342 e. The minimum Gasteiger partial charge on any atom is -0.462 e. The quantitative estimate of drug-likeness (QED) is 0.653. The van der Waals surface area contributed by atoms with Crippen molar-refractivity contribution >= 4 is 5.97 Å². The number of aliphatic hydroxyl groups excluding tert-OH is 3. The molecule has 1 saturated heterocycles. The van der Waals surface area contributed by atoms with Gasteiger partial charge < -0.3 is 29.5 Å². The number of carbonyl (C=O) groups is 1. The number of benzene rings is 1. The molecule has 22 heavy (non-hydrogen) atoms. The van der Waals surface area contributed by atoms with Crippen molar-refractivity contribution in [1.29, 1.82) is 0 Å². The summed E-state index contributed by atoms with van der Waals surface area (Å²) in [6.07, 6.45) is -3.42. The fourth-order valence-corrected chi connectivity index (χ4v) is 2.70. The maximum absolute atomic E-state index is 11.9. The Labute approximate surface area is 127 Å². The monoisotopic (exact) mass is 310 g/mol. The molecule has 2 aliphatic heterocycles. The van der Waals surface area contributed by atoms with Crippen molar-refractivity contribution in [2.75, 3.05) is 13.2 Å². The summed E-state index contributed by atoms with van der Waals surface area (Å²) in [5.74, 6) is -0.251. The highest BCUT2D eigenvalue weighted by Gasteiger charge is 2.39. The molecule has 0 spiro atoms. The zero-order valence-electron chi connectivity index (χ0n) is 11.8. The number of carbonyl (C=O) groups excluding carboxylic acids is 1. The van der Waals surface area contributed by atoms with Crippen LogP contribution in [0.15, 0.2) is 18.2 Å². The van der Waals surface area contributed by atoms with Crippen molar-refractivity contribution < 1.29 is 34.3 Å². The van der Waals surface area contributed by atoms with E-state index in [0.717, 1.165) is 5.56 Å². The predicted octanol–water partition coefficient (Wildman–Crippen LogP) is -0.393. The van der Waals surface area contributed by atoms with E-state index in [9.17, 15) is 15.0 Å². The molecule has 0 radical (unpaired) electrons. The van der Waals surface area contributed by atoms with E-state index in [-0.39, 0.29) is 18.8 Å². The normalized spacial score (nSPS) is 31.3. The lowest BCUT2D eigenvalue weighted by molar-refractivity contribution is -0.240. The Morgan fingerprint density at radius 3 is 2.91 bits per heavy atom. The lowest BCUT2D eigenvalue weighted by atomic mass is 10.0. The molecule has 0 aromatic heterocycles. The van der Waals surface area contributed by atoms with Crippen LogP contribution < -0.4 is 4.74 Å². The Bertz CT molecular complexity index is 559. The molecule has 1 aromatic carbocycles. The molecule has 3 N–H and O–H groups in total. The van der Waals surface area contributed by atoms with Crippen LogP contribution in [0.2, 0.25) is 0 Å². The van der Waals surface area contributed by atoms with Gasteiger partial charge in [-0.2, -0.15) is 0 Å². The van der Waals surface area contributed by atoms with E-state index in [4.69, 9.17) is 19.3 Å². The maximum atomic E-state index is 11.9. The first-order valence-electron chi connectivity index (χ1n) is 7.18. The van der Waals surface area contributed by atoms with Crippen LogP contribution in [0, 0.1) is 0 Å². The van der Waals surface area contributed by atoms with Gasteiger partial charge in [-0.3, -0.25) is 0 Å². The van der Waals surface area contributed by atoms with E-state index in [0.29, 0.717) is 18.6 Å². The minimum atomic E-state index is -1.27. The Kier molecular flexibility index (Phi) is 4.30. The average molecular weight is 310 g/mol. The molecule has 1 unspecified atom stereocenters. The van der Waals surface area contributed by atoms with Gasteiger partial charge in [-0.25, -0.2) is 4.79 Å². The van der Waals surface area contributed by atoms with Gasteiger partial charge >= 0.3 is 5.97 Å². The van der Waals surface area contributed by atoms with Gasteiger partial charge in [-0.15, -0.1) is 0 Å². The van der Waals surface area contributed by atoms with E-state index in [1.165, 1.54) is 0 Å². The van der Waals surface area contributed by atoms with E-state index in [1.807, 2.05) is 6.07 Å². The summed E-state index contributed by atoms with van der Waals surface area (Å²) in [5.41, 5.74) is 1.11. The Balaban J connectivity index is 1.85. The summed E-state index contributed by atoms with van der Waals surface area (Å²) in [4.78, 5) is 11.9. The van der Waals surface area contributed by atoms with Crippen LogP contribution in [0.5, 0.6) is 5.75 Å². The van der Waals surface area contributed by atoms with Gasteiger partial charge in [0.2, 0.25) is 6.29 Å². The molecule has 0 saturated carbocycles. The lowest BCUT2D eigenvalue weighted by Gasteiger charge is -2.36. The largest absolute Gasteiger partial charge is 0.462 e. The van der Waals surface area contributed by atoms with Crippen LogP contribution in [0.3, 0.4) is 0 Å². The fraction of sp³-hybridized carbons (Fsp3) is 0.533. The molecule has 1 aromatic rings. The second-order valence-corrected chi connectivity index (χ2v) is 5.40. The van der Waals surface area contributed by atoms with Gasteiger partial charge in [0, 0.05) is 12.8 Å². The van der Waals surface area contributed by atoms with E-state index in [1.54, 1.807) is 12.1 Å². The second kappa shape index (κ2) is 6.21. The molecule has 1 fully saturated rings. The molecule has 0 amide bonds. The number of hydrogen-bond donors (Lipinski definition) is 3. The van der Waals surface area contributed by atoms with Crippen LogP contribution in [-0.2, 0) is 15.9 Å². The van der Waals surface area contributed by atoms with E-state index in [2.05, 4.69) is 0 Å². The first-order chi connectivity index (χ1) is 10.6. The topological polar surface area (TPSA) is 105 Å². The van der Waals surface area contributed by atoms with Crippen LogP contribution >= 0.6 is 0 Å². The number of aliphatic hydroxyl groups is 3. The van der Waals surface area contributed by atoms with Gasteiger partial charge in [-0.05, 0) is 11.6 Å². The van der Waals surface area contributed by atoms with E-state index >= 15 is 0 Å². The summed E-state index contributed by atoms with van der Waals surface area (Å²) in [5, 5.41) is 29.0. The molecule has 0 aliphatic carbocycles. The number of rotatable bonds is 3. The van der Waals surface area contributed by atoms with Crippen molar-refractivity contribution in [3.05, 3.63) is 29.3 Å². The highest BCUT2D eigenvalue weighted by molar-refractivity contribution is 5.95. The van der Waals surface area contributed by atoms with Gasteiger partial charge in [0.15, 0.2) is 0 Å². The fourth-order valence-electron chi connectivity index (χ4n) is 2.70. The smallest absolute Gasteiger partial charge is 0.342 e. The molecule has 7 heteroatoms. The van der Waals surface area contributed by atoms with Crippen molar-refractivity contribution in [2.24, 2.45) is 0 Å². The SMILES string of the molecule is O=C1OCCc2cccc(O[C@@H]3O[C@H](CO)CC(O)[C@H]3O)c21. The van der Waals surface area contributed by atoms with Crippen molar-refractivity contribution in [1.82, 2.24) is 0 Å². The minimum absolute atomic E-state index is 0.118. The van der Waals surface area contributed by atoms with Crippen LogP contribution in [-0.4, -0.2) is 59.1 Å².